The highest BCUT2D eigenvalue weighted by Gasteiger charge is 2.28. The number of hydrogen-bond acceptors (Lipinski definition) is 3. The van der Waals surface area contributed by atoms with Crippen LogP contribution in [0, 0.1) is 5.82 Å². The number of rotatable bonds is 4. The number of aliphatic carboxylic acids is 1. The van der Waals surface area contributed by atoms with Crippen molar-refractivity contribution in [2.75, 3.05) is 4.90 Å². The molecule has 0 unspecified atom stereocenters. The van der Waals surface area contributed by atoms with Crippen molar-refractivity contribution in [3.05, 3.63) is 68.8 Å². The Bertz CT molecular complexity index is 959. The molecule has 0 aliphatic carbocycles. The standard InChI is InChI=1S/C20H17BrFNO2S2/c1-11(2)12-4-6-17-16(7-12)23(20(26)18(27-17)9-19(24)25)10-13-3-5-14(21)8-15(13)22/h3-9,11H,10H2,1-2H3,(H,24,25)/b18-9-. The van der Waals surface area contributed by atoms with Gasteiger partial charge < -0.3 is 10.0 Å². The average Bonchev–Trinajstić information content (AvgIpc) is 2.59. The van der Waals surface area contributed by atoms with Crippen molar-refractivity contribution in [2.45, 2.75) is 31.2 Å². The lowest BCUT2D eigenvalue weighted by Gasteiger charge is -2.33. The van der Waals surface area contributed by atoms with E-state index in [0.29, 0.717) is 25.8 Å². The fourth-order valence-corrected chi connectivity index (χ4v) is 4.46. The zero-order valence-electron chi connectivity index (χ0n) is 14.7. The highest BCUT2D eigenvalue weighted by atomic mass is 79.9. The average molecular weight is 466 g/mol. The van der Waals surface area contributed by atoms with Crippen LogP contribution in [0.5, 0.6) is 0 Å². The van der Waals surface area contributed by atoms with Crippen LogP contribution in [0.2, 0.25) is 0 Å². The molecule has 2 aromatic rings. The van der Waals surface area contributed by atoms with Gasteiger partial charge in [0.2, 0.25) is 0 Å². The van der Waals surface area contributed by atoms with Crippen LogP contribution < -0.4 is 4.90 Å². The van der Waals surface area contributed by atoms with E-state index in [9.17, 15) is 9.18 Å². The second-order valence-electron chi connectivity index (χ2n) is 6.46. The Kier molecular flexibility index (Phi) is 6.03. The maximum absolute atomic E-state index is 14.4. The summed E-state index contributed by atoms with van der Waals surface area (Å²) in [6, 6.07) is 10.9. The van der Waals surface area contributed by atoms with Crippen molar-refractivity contribution in [1.82, 2.24) is 0 Å². The van der Waals surface area contributed by atoms with Gasteiger partial charge in [-0.2, -0.15) is 0 Å². The summed E-state index contributed by atoms with van der Waals surface area (Å²) >= 11 is 10.2. The van der Waals surface area contributed by atoms with Gasteiger partial charge in [-0.15, -0.1) is 0 Å². The first-order valence-corrected chi connectivity index (χ1v) is 10.3. The number of nitrogens with zero attached hydrogens (tertiary/aromatic N) is 1. The van der Waals surface area contributed by atoms with Crippen LogP contribution >= 0.6 is 39.9 Å². The predicted molar refractivity (Wildman–Crippen MR) is 115 cm³/mol. The van der Waals surface area contributed by atoms with Crippen LogP contribution in [0.3, 0.4) is 0 Å². The van der Waals surface area contributed by atoms with Crippen molar-refractivity contribution in [3.8, 4) is 0 Å². The maximum Gasteiger partial charge on any atom is 0.329 e. The molecule has 1 aliphatic heterocycles. The Balaban J connectivity index is 2.09. The van der Waals surface area contributed by atoms with Gasteiger partial charge in [-0.05, 0) is 35.7 Å². The molecule has 0 atom stereocenters. The van der Waals surface area contributed by atoms with Crippen molar-refractivity contribution < 1.29 is 14.3 Å². The fourth-order valence-electron chi connectivity index (χ4n) is 2.78. The molecule has 7 heteroatoms. The zero-order valence-corrected chi connectivity index (χ0v) is 17.9. The van der Waals surface area contributed by atoms with Crippen molar-refractivity contribution >= 4 is 56.6 Å². The molecule has 1 N–H and O–H groups in total. The molecule has 0 saturated carbocycles. The van der Waals surface area contributed by atoms with Crippen LogP contribution in [0.1, 0.15) is 30.9 Å². The van der Waals surface area contributed by atoms with E-state index in [1.54, 1.807) is 12.1 Å². The van der Waals surface area contributed by atoms with Gasteiger partial charge in [-0.1, -0.05) is 65.9 Å². The second-order valence-corrected chi connectivity index (χ2v) is 8.84. The molecular weight excluding hydrogens is 449 g/mol. The molecule has 0 bridgehead atoms. The second kappa shape index (κ2) is 8.12. The van der Waals surface area contributed by atoms with Gasteiger partial charge in [0.1, 0.15) is 10.8 Å². The summed E-state index contributed by atoms with van der Waals surface area (Å²) in [7, 11) is 0. The van der Waals surface area contributed by atoms with E-state index in [4.69, 9.17) is 17.3 Å². The lowest BCUT2D eigenvalue weighted by molar-refractivity contribution is -0.131. The summed E-state index contributed by atoms with van der Waals surface area (Å²) in [5.41, 5.74) is 2.51. The number of anilines is 1. The molecular formula is C20H17BrFNO2S2. The molecule has 1 heterocycles. The lowest BCUT2D eigenvalue weighted by atomic mass is 10.0. The molecule has 0 amide bonds. The minimum absolute atomic E-state index is 0.226. The van der Waals surface area contributed by atoms with Crippen LogP contribution in [0.25, 0.3) is 0 Å². The highest BCUT2D eigenvalue weighted by Crippen LogP contribution is 2.44. The molecule has 0 radical (unpaired) electrons. The number of carboxylic acid groups (broad SMARTS) is 1. The van der Waals surface area contributed by atoms with Gasteiger partial charge in [-0.25, -0.2) is 9.18 Å². The van der Waals surface area contributed by atoms with E-state index in [0.717, 1.165) is 22.2 Å². The zero-order chi connectivity index (χ0) is 19.7. The first-order valence-electron chi connectivity index (χ1n) is 8.28. The quantitative estimate of drug-likeness (QED) is 0.434. The third-order valence-corrected chi connectivity index (χ3v) is 6.37. The normalized spacial score (nSPS) is 15.4. The summed E-state index contributed by atoms with van der Waals surface area (Å²) in [6.07, 6.45) is 1.11. The number of thiocarbonyl (C=S) groups is 1. The molecule has 0 spiro atoms. The van der Waals surface area contributed by atoms with Crippen LogP contribution in [0.15, 0.2) is 56.7 Å². The van der Waals surface area contributed by atoms with Gasteiger partial charge >= 0.3 is 5.97 Å². The van der Waals surface area contributed by atoms with Gasteiger partial charge in [0, 0.05) is 21.0 Å². The monoisotopic (exact) mass is 465 g/mol. The van der Waals surface area contributed by atoms with E-state index in [2.05, 4.69) is 29.8 Å². The number of thioether (sulfide) groups is 1. The number of hydrogen-bond donors (Lipinski definition) is 1. The number of fused-ring (bicyclic) bond motifs is 1. The largest absolute Gasteiger partial charge is 0.478 e. The first kappa shape index (κ1) is 20.0. The van der Waals surface area contributed by atoms with Gasteiger partial charge in [-0.3, -0.25) is 0 Å². The minimum atomic E-state index is -1.06. The fraction of sp³-hybridized carbons (Fsp3) is 0.200. The summed E-state index contributed by atoms with van der Waals surface area (Å²) < 4.78 is 15.1. The van der Waals surface area contributed by atoms with E-state index in [1.807, 2.05) is 23.1 Å². The Morgan fingerprint density at radius 1 is 1.33 bits per heavy atom. The number of carboxylic acids is 1. The third kappa shape index (κ3) is 4.42. The van der Waals surface area contributed by atoms with E-state index >= 15 is 0 Å². The Hall–Kier alpha value is -1.70. The van der Waals surface area contributed by atoms with Crippen molar-refractivity contribution in [1.29, 1.82) is 0 Å². The maximum atomic E-state index is 14.4. The summed E-state index contributed by atoms with van der Waals surface area (Å²) in [5.74, 6) is -1.07. The Labute approximate surface area is 175 Å². The lowest BCUT2D eigenvalue weighted by Crippen LogP contribution is -2.33. The van der Waals surface area contributed by atoms with Crippen LogP contribution in [-0.2, 0) is 11.3 Å². The van der Waals surface area contributed by atoms with Crippen LogP contribution in [0.4, 0.5) is 10.1 Å². The number of carbonyl (C=O) groups is 1. The molecule has 3 rings (SSSR count). The highest BCUT2D eigenvalue weighted by molar-refractivity contribution is 9.10. The van der Waals surface area contributed by atoms with Crippen molar-refractivity contribution in [2.24, 2.45) is 0 Å². The smallest absolute Gasteiger partial charge is 0.329 e. The molecule has 2 aromatic carbocycles. The van der Waals surface area contributed by atoms with Crippen LogP contribution in [-0.4, -0.2) is 16.1 Å². The minimum Gasteiger partial charge on any atom is -0.478 e. The molecule has 0 saturated heterocycles. The van der Waals surface area contributed by atoms with Crippen molar-refractivity contribution in [3.63, 3.8) is 0 Å². The Morgan fingerprint density at radius 2 is 2.07 bits per heavy atom. The first-order chi connectivity index (χ1) is 12.8. The summed E-state index contributed by atoms with van der Waals surface area (Å²) in [5, 5.41) is 9.17. The van der Waals surface area contributed by atoms with E-state index in [-0.39, 0.29) is 12.4 Å². The summed E-state index contributed by atoms with van der Waals surface area (Å²) in [6.45, 7) is 4.43. The molecule has 0 fully saturated rings. The predicted octanol–water partition coefficient (Wildman–Crippen LogP) is 6.12. The van der Waals surface area contributed by atoms with Gasteiger partial charge in [0.05, 0.1) is 17.1 Å². The molecule has 1 aliphatic rings. The topological polar surface area (TPSA) is 40.5 Å². The SMILES string of the molecule is CC(C)c1ccc2c(c1)N(Cc1ccc(Br)cc1F)C(=S)/C(=C/C(=O)O)S2. The summed E-state index contributed by atoms with van der Waals surface area (Å²) in [4.78, 5) is 14.8. The molecule has 27 heavy (non-hydrogen) atoms. The van der Waals surface area contributed by atoms with E-state index in [1.165, 1.54) is 17.8 Å². The van der Waals surface area contributed by atoms with Gasteiger partial charge in [0.15, 0.2) is 0 Å². The van der Waals surface area contributed by atoms with E-state index < -0.39 is 5.97 Å². The van der Waals surface area contributed by atoms with Gasteiger partial charge in [0.25, 0.3) is 0 Å². The molecule has 140 valence electrons. The molecule has 3 nitrogen and oxygen atoms in total. The third-order valence-electron chi connectivity index (χ3n) is 4.21. The number of benzene rings is 2. The molecule has 0 aromatic heterocycles. The Morgan fingerprint density at radius 3 is 2.70 bits per heavy atom. The number of halogens is 2.